The van der Waals surface area contributed by atoms with E-state index in [2.05, 4.69) is 20.7 Å². The Hall–Kier alpha value is -3.75. The van der Waals surface area contributed by atoms with Crippen molar-refractivity contribution in [3.8, 4) is 11.3 Å². The lowest BCUT2D eigenvalue weighted by molar-refractivity contribution is -0.137. The Kier molecular flexibility index (Phi) is 5.18. The van der Waals surface area contributed by atoms with Gasteiger partial charge in [-0.25, -0.2) is 4.79 Å². The maximum atomic E-state index is 12.7. The Labute approximate surface area is 176 Å². The molecule has 4 aromatic rings. The second kappa shape index (κ2) is 7.82. The van der Waals surface area contributed by atoms with Crippen LogP contribution in [0.5, 0.6) is 0 Å². The fraction of sp³-hybridized carbons (Fsp3) is 0.182. The molecule has 9 heteroatoms. The average molecular weight is 427 g/mol. The summed E-state index contributed by atoms with van der Waals surface area (Å²) in [6, 6.07) is 11.6. The van der Waals surface area contributed by atoms with Crippen LogP contribution in [0.25, 0.3) is 22.2 Å². The fourth-order valence-corrected chi connectivity index (χ4v) is 3.19. The van der Waals surface area contributed by atoms with Gasteiger partial charge in [-0.2, -0.15) is 18.3 Å². The first-order valence-electron chi connectivity index (χ1n) is 9.62. The number of nitrogens with zero attached hydrogens (tertiary/aromatic N) is 2. The number of H-pyrrole nitrogens is 1. The second-order valence-electron chi connectivity index (χ2n) is 7.39. The van der Waals surface area contributed by atoms with Gasteiger partial charge in [0.1, 0.15) is 0 Å². The fourth-order valence-electron chi connectivity index (χ4n) is 3.19. The van der Waals surface area contributed by atoms with E-state index in [0.717, 1.165) is 34.3 Å². The summed E-state index contributed by atoms with van der Waals surface area (Å²) in [5.74, 6) is 0. The van der Waals surface area contributed by atoms with Crippen molar-refractivity contribution in [2.45, 2.75) is 26.1 Å². The molecular formula is C22H20F3N5O. The Morgan fingerprint density at radius 3 is 2.45 bits per heavy atom. The maximum absolute atomic E-state index is 12.7. The van der Waals surface area contributed by atoms with Gasteiger partial charge in [0, 0.05) is 40.6 Å². The minimum atomic E-state index is -4.42. The van der Waals surface area contributed by atoms with E-state index in [-0.39, 0.29) is 11.7 Å². The van der Waals surface area contributed by atoms with Crippen molar-refractivity contribution in [1.29, 1.82) is 0 Å². The van der Waals surface area contributed by atoms with Crippen molar-refractivity contribution in [1.82, 2.24) is 14.8 Å². The highest BCUT2D eigenvalue weighted by Gasteiger charge is 2.30. The summed E-state index contributed by atoms with van der Waals surface area (Å²) in [5, 5.41) is 10.6. The van der Waals surface area contributed by atoms with Crippen molar-refractivity contribution in [2.75, 3.05) is 10.6 Å². The molecule has 0 saturated carbocycles. The van der Waals surface area contributed by atoms with Gasteiger partial charge in [-0.15, -0.1) is 0 Å². The highest BCUT2D eigenvalue weighted by molar-refractivity contribution is 6.06. The summed E-state index contributed by atoms with van der Waals surface area (Å²) in [7, 11) is 0. The molecule has 6 nitrogen and oxygen atoms in total. The minimum absolute atomic E-state index is 0.246. The number of carbonyl (C=O) groups is 1. The molecule has 4 rings (SSSR count). The number of benzene rings is 2. The van der Waals surface area contributed by atoms with Gasteiger partial charge in [-0.3, -0.25) is 4.68 Å². The monoisotopic (exact) mass is 427 g/mol. The molecule has 0 aliphatic carbocycles. The Balaban J connectivity index is 1.52. The quantitative estimate of drug-likeness (QED) is 0.359. The van der Waals surface area contributed by atoms with Crippen LogP contribution in [0.4, 0.5) is 29.3 Å². The summed E-state index contributed by atoms with van der Waals surface area (Å²) < 4.78 is 39.9. The van der Waals surface area contributed by atoms with Crippen molar-refractivity contribution in [2.24, 2.45) is 0 Å². The van der Waals surface area contributed by atoms with Crippen LogP contribution < -0.4 is 10.6 Å². The van der Waals surface area contributed by atoms with Crippen LogP contribution in [0, 0.1) is 0 Å². The third kappa shape index (κ3) is 4.40. The lowest BCUT2D eigenvalue weighted by atomic mass is 10.1. The SMILES string of the molecule is CC(C)n1ccc(-c2ccc3[nH]cc(NC(=O)Nc4ccc(C(F)(F)F)cc4)c3c2)n1. The molecule has 2 heterocycles. The number of rotatable bonds is 4. The van der Waals surface area contributed by atoms with E-state index in [1.54, 1.807) is 6.20 Å². The summed E-state index contributed by atoms with van der Waals surface area (Å²) in [5.41, 5.74) is 2.57. The number of amides is 2. The molecule has 0 radical (unpaired) electrons. The van der Waals surface area contributed by atoms with Gasteiger partial charge in [0.05, 0.1) is 16.9 Å². The highest BCUT2D eigenvalue weighted by Crippen LogP contribution is 2.31. The van der Waals surface area contributed by atoms with Gasteiger partial charge in [-0.05, 0) is 56.3 Å². The molecule has 3 N–H and O–H groups in total. The number of hydrogen-bond acceptors (Lipinski definition) is 2. The number of halogens is 3. The van der Waals surface area contributed by atoms with E-state index in [1.165, 1.54) is 12.1 Å². The standard InChI is InChI=1S/C22H20F3N5O/c1-13(2)30-10-9-18(29-30)14-3-8-19-17(11-14)20(12-26-19)28-21(31)27-16-6-4-15(5-7-16)22(23,24)25/h3-13,26H,1-2H3,(H2,27,28,31). The lowest BCUT2D eigenvalue weighted by Crippen LogP contribution is -2.19. The normalized spacial score (nSPS) is 11.8. The molecule has 0 aliphatic heterocycles. The zero-order valence-electron chi connectivity index (χ0n) is 16.8. The predicted octanol–water partition coefficient (Wildman–Crippen LogP) is 6.28. The van der Waals surface area contributed by atoms with Gasteiger partial charge >= 0.3 is 12.2 Å². The van der Waals surface area contributed by atoms with E-state index in [0.29, 0.717) is 5.69 Å². The number of carbonyl (C=O) groups excluding carboxylic acids is 1. The maximum Gasteiger partial charge on any atom is 0.416 e. The highest BCUT2D eigenvalue weighted by atomic mass is 19.4. The molecule has 2 amide bonds. The van der Waals surface area contributed by atoms with Crippen LogP contribution >= 0.6 is 0 Å². The van der Waals surface area contributed by atoms with Crippen molar-refractivity contribution >= 4 is 28.3 Å². The molecule has 0 bridgehead atoms. The van der Waals surface area contributed by atoms with Gasteiger partial charge in [0.15, 0.2) is 0 Å². The summed E-state index contributed by atoms with van der Waals surface area (Å²) in [6.45, 7) is 4.09. The first-order valence-corrected chi connectivity index (χ1v) is 9.62. The summed E-state index contributed by atoms with van der Waals surface area (Å²) in [6.07, 6.45) is -0.848. The Bertz CT molecular complexity index is 1220. The molecule has 0 aliphatic rings. The van der Waals surface area contributed by atoms with Crippen molar-refractivity contribution in [3.63, 3.8) is 0 Å². The van der Waals surface area contributed by atoms with E-state index in [9.17, 15) is 18.0 Å². The second-order valence-corrected chi connectivity index (χ2v) is 7.39. The van der Waals surface area contributed by atoms with Crippen LogP contribution in [0.2, 0.25) is 0 Å². The van der Waals surface area contributed by atoms with Crippen molar-refractivity contribution in [3.05, 3.63) is 66.5 Å². The smallest absolute Gasteiger partial charge is 0.359 e. The molecule has 160 valence electrons. The average Bonchev–Trinajstić information content (AvgIpc) is 3.35. The lowest BCUT2D eigenvalue weighted by Gasteiger charge is -2.09. The topological polar surface area (TPSA) is 74.7 Å². The van der Waals surface area contributed by atoms with E-state index < -0.39 is 17.8 Å². The third-order valence-corrected chi connectivity index (χ3v) is 4.83. The van der Waals surface area contributed by atoms with Crippen molar-refractivity contribution < 1.29 is 18.0 Å². The number of alkyl halides is 3. The third-order valence-electron chi connectivity index (χ3n) is 4.83. The van der Waals surface area contributed by atoms with Crippen LogP contribution in [-0.2, 0) is 6.18 Å². The van der Waals surface area contributed by atoms with E-state index >= 15 is 0 Å². The number of urea groups is 1. The molecule has 2 aromatic carbocycles. The predicted molar refractivity (Wildman–Crippen MR) is 114 cm³/mol. The molecule has 0 fully saturated rings. The largest absolute Gasteiger partial charge is 0.416 e. The molecule has 0 atom stereocenters. The molecule has 0 saturated heterocycles. The Morgan fingerprint density at radius 1 is 1.06 bits per heavy atom. The van der Waals surface area contributed by atoms with Gasteiger partial charge < -0.3 is 15.6 Å². The number of nitrogens with one attached hydrogen (secondary N) is 3. The molecule has 0 spiro atoms. The molecule has 0 unspecified atom stereocenters. The zero-order chi connectivity index (χ0) is 22.2. The number of fused-ring (bicyclic) bond motifs is 1. The first kappa shape index (κ1) is 20.5. The summed E-state index contributed by atoms with van der Waals surface area (Å²) >= 11 is 0. The van der Waals surface area contributed by atoms with Crippen LogP contribution in [0.1, 0.15) is 25.5 Å². The van der Waals surface area contributed by atoms with E-state index in [4.69, 9.17) is 0 Å². The minimum Gasteiger partial charge on any atom is -0.359 e. The van der Waals surface area contributed by atoms with E-state index in [1.807, 2.05) is 49.0 Å². The molecule has 31 heavy (non-hydrogen) atoms. The van der Waals surface area contributed by atoms with Crippen LogP contribution in [0.15, 0.2) is 60.9 Å². The molecular weight excluding hydrogens is 407 g/mol. The zero-order valence-corrected chi connectivity index (χ0v) is 16.8. The van der Waals surface area contributed by atoms with Crippen LogP contribution in [0.3, 0.4) is 0 Å². The summed E-state index contributed by atoms with van der Waals surface area (Å²) in [4.78, 5) is 15.5. The van der Waals surface area contributed by atoms with Crippen LogP contribution in [-0.4, -0.2) is 20.8 Å². The van der Waals surface area contributed by atoms with Gasteiger partial charge in [0.25, 0.3) is 0 Å². The Morgan fingerprint density at radius 2 is 1.81 bits per heavy atom. The van der Waals surface area contributed by atoms with Gasteiger partial charge in [0.2, 0.25) is 0 Å². The first-order chi connectivity index (χ1) is 14.7. The number of hydrogen-bond donors (Lipinski definition) is 3. The number of anilines is 2. The van der Waals surface area contributed by atoms with Gasteiger partial charge in [-0.1, -0.05) is 6.07 Å². The molecule has 2 aromatic heterocycles. The number of aromatic nitrogens is 3. The number of aromatic amines is 1.